The van der Waals surface area contributed by atoms with Crippen molar-refractivity contribution in [3.63, 3.8) is 0 Å². The van der Waals surface area contributed by atoms with Gasteiger partial charge in [-0.25, -0.2) is 9.59 Å². The van der Waals surface area contributed by atoms with Crippen molar-refractivity contribution in [3.05, 3.63) is 60.2 Å². The van der Waals surface area contributed by atoms with Gasteiger partial charge in [0.05, 0.1) is 5.69 Å². The number of rotatable bonds is 4. The second kappa shape index (κ2) is 12.5. The smallest absolute Gasteiger partial charge is 0.475 e. The molecule has 0 bridgehead atoms. The maximum absolute atomic E-state index is 12.5. The minimum atomic E-state index is -5.08. The van der Waals surface area contributed by atoms with E-state index in [9.17, 15) is 31.1 Å². The van der Waals surface area contributed by atoms with E-state index >= 15 is 0 Å². The summed E-state index contributed by atoms with van der Waals surface area (Å²) in [5.41, 5.74) is 2.23. The average molecular weight is 536 g/mol. The van der Waals surface area contributed by atoms with Crippen LogP contribution in [0.3, 0.4) is 0 Å². The average Bonchev–Trinajstić information content (AvgIpc) is 3.34. The lowest BCUT2D eigenvalue weighted by Crippen LogP contribution is -2.36. The van der Waals surface area contributed by atoms with E-state index < -0.39 is 24.3 Å². The van der Waals surface area contributed by atoms with Crippen LogP contribution < -0.4 is 0 Å². The molecule has 2 fully saturated rings. The van der Waals surface area contributed by atoms with Crippen molar-refractivity contribution >= 4 is 17.8 Å². The second-order valence-corrected chi connectivity index (χ2v) is 7.90. The number of hydrogen-bond donors (Lipinski definition) is 2. The third kappa shape index (κ3) is 9.00. The van der Waals surface area contributed by atoms with Crippen LogP contribution in [0.1, 0.15) is 24.1 Å². The molecule has 0 unspecified atom stereocenters. The zero-order valence-electron chi connectivity index (χ0n) is 19.0. The number of amides is 1. The first-order valence-corrected chi connectivity index (χ1v) is 10.6. The van der Waals surface area contributed by atoms with Gasteiger partial charge in [0.15, 0.2) is 0 Å². The fourth-order valence-electron chi connectivity index (χ4n) is 3.80. The molecular weight excluding hydrogens is 514 g/mol. The molecule has 2 aromatic heterocycles. The summed E-state index contributed by atoms with van der Waals surface area (Å²) in [6.45, 7) is 2.56. The normalized spacial score (nSPS) is 19.3. The van der Waals surface area contributed by atoms with E-state index in [2.05, 4.69) is 25.8 Å². The van der Waals surface area contributed by atoms with E-state index in [4.69, 9.17) is 19.8 Å². The van der Waals surface area contributed by atoms with Crippen LogP contribution in [0.5, 0.6) is 0 Å². The number of alkyl halides is 6. The first-order chi connectivity index (χ1) is 17.2. The fourth-order valence-corrected chi connectivity index (χ4v) is 3.80. The lowest BCUT2D eigenvalue weighted by molar-refractivity contribution is -0.193. The Morgan fingerprint density at radius 2 is 1.46 bits per heavy atom. The molecule has 2 aliphatic heterocycles. The summed E-state index contributed by atoms with van der Waals surface area (Å²) in [5, 5.41) is 14.2. The van der Waals surface area contributed by atoms with Crippen molar-refractivity contribution in [2.75, 3.05) is 6.54 Å². The molecule has 2 aliphatic rings. The fraction of sp³-hybridized carbons (Fsp3) is 0.409. The molecule has 2 atom stereocenters. The number of carboxylic acids is 2. The van der Waals surface area contributed by atoms with Crippen molar-refractivity contribution < 1.29 is 50.9 Å². The van der Waals surface area contributed by atoms with Gasteiger partial charge in [-0.2, -0.15) is 26.3 Å². The van der Waals surface area contributed by atoms with Crippen LogP contribution in [0.25, 0.3) is 0 Å². The highest BCUT2D eigenvalue weighted by atomic mass is 19.4. The van der Waals surface area contributed by atoms with Gasteiger partial charge in [-0.1, -0.05) is 6.07 Å². The number of likely N-dealkylation sites (tertiary alicyclic amines) is 2. The number of carbonyl (C=O) groups excluding carboxylic acids is 1. The molecule has 37 heavy (non-hydrogen) atoms. The quantitative estimate of drug-likeness (QED) is 0.572. The van der Waals surface area contributed by atoms with E-state index in [1.54, 1.807) is 12.4 Å². The summed E-state index contributed by atoms with van der Waals surface area (Å²) in [6.07, 6.45) is -3.08. The Morgan fingerprint density at radius 1 is 0.892 bits per heavy atom. The van der Waals surface area contributed by atoms with Gasteiger partial charge in [-0.15, -0.1) is 0 Å². The molecule has 2 aromatic rings. The molecule has 15 heteroatoms. The third-order valence-electron chi connectivity index (χ3n) is 5.41. The predicted octanol–water partition coefficient (Wildman–Crippen LogP) is 3.12. The third-order valence-corrected chi connectivity index (χ3v) is 5.41. The SMILES string of the molecule is O=C(O)C(F)(F)F.O=C(O)C(F)(F)F.O=C1C[C@@H]2[C@H](CCN2Cc2ccccn2)N1Cc1ccncc1. The highest BCUT2D eigenvalue weighted by Gasteiger charge is 2.46. The van der Waals surface area contributed by atoms with Crippen LogP contribution in [0, 0.1) is 0 Å². The molecular formula is C22H22F6N4O5. The number of halogens is 6. The Hall–Kier alpha value is -3.75. The highest BCUT2D eigenvalue weighted by Crippen LogP contribution is 2.34. The van der Waals surface area contributed by atoms with Crippen molar-refractivity contribution in [3.8, 4) is 0 Å². The number of hydrogen-bond acceptors (Lipinski definition) is 6. The molecule has 2 N–H and O–H groups in total. The van der Waals surface area contributed by atoms with Crippen LogP contribution in [-0.2, 0) is 27.5 Å². The number of aliphatic carboxylic acids is 2. The monoisotopic (exact) mass is 536 g/mol. The molecule has 4 heterocycles. The van der Waals surface area contributed by atoms with Crippen LogP contribution in [0.4, 0.5) is 26.3 Å². The van der Waals surface area contributed by atoms with Gasteiger partial charge < -0.3 is 15.1 Å². The number of pyridine rings is 2. The summed E-state index contributed by atoms with van der Waals surface area (Å²) >= 11 is 0. The molecule has 0 aromatic carbocycles. The summed E-state index contributed by atoms with van der Waals surface area (Å²) < 4.78 is 63.5. The Morgan fingerprint density at radius 3 is 1.95 bits per heavy atom. The van der Waals surface area contributed by atoms with Crippen LogP contribution in [-0.4, -0.2) is 78.8 Å². The molecule has 2 saturated heterocycles. The topological polar surface area (TPSA) is 124 Å². The number of carboxylic acid groups (broad SMARTS) is 2. The van der Waals surface area contributed by atoms with Gasteiger partial charge in [-0.05, 0) is 36.2 Å². The second-order valence-electron chi connectivity index (χ2n) is 7.90. The molecule has 4 rings (SSSR count). The lowest BCUT2D eigenvalue weighted by Gasteiger charge is -2.25. The summed E-state index contributed by atoms with van der Waals surface area (Å²) in [6, 6.07) is 10.6. The molecule has 0 aliphatic carbocycles. The number of fused-ring (bicyclic) bond motifs is 1. The maximum atomic E-state index is 12.5. The Bertz CT molecular complexity index is 1030. The van der Waals surface area contributed by atoms with Gasteiger partial charge in [0.2, 0.25) is 5.91 Å². The van der Waals surface area contributed by atoms with Crippen molar-refractivity contribution in [2.45, 2.75) is 50.4 Å². The zero-order valence-corrected chi connectivity index (χ0v) is 19.0. The summed E-state index contributed by atoms with van der Waals surface area (Å²) in [7, 11) is 0. The van der Waals surface area contributed by atoms with Crippen LogP contribution >= 0.6 is 0 Å². The van der Waals surface area contributed by atoms with E-state index in [-0.39, 0.29) is 5.91 Å². The largest absolute Gasteiger partial charge is 0.490 e. The Labute approximate surface area is 206 Å². The van der Waals surface area contributed by atoms with Gasteiger partial charge in [0.1, 0.15) is 0 Å². The number of carbonyl (C=O) groups is 3. The lowest BCUT2D eigenvalue weighted by atomic mass is 10.1. The first-order valence-electron chi connectivity index (χ1n) is 10.6. The highest BCUT2D eigenvalue weighted by molar-refractivity contribution is 5.80. The van der Waals surface area contributed by atoms with Gasteiger partial charge >= 0.3 is 24.3 Å². The molecule has 202 valence electrons. The van der Waals surface area contributed by atoms with Crippen molar-refractivity contribution in [1.82, 2.24) is 19.8 Å². The van der Waals surface area contributed by atoms with Crippen LogP contribution in [0.15, 0.2) is 48.9 Å². The summed E-state index contributed by atoms with van der Waals surface area (Å²) in [4.78, 5) is 43.2. The number of nitrogens with zero attached hydrogens (tertiary/aromatic N) is 4. The van der Waals surface area contributed by atoms with Crippen molar-refractivity contribution in [1.29, 1.82) is 0 Å². The minimum absolute atomic E-state index is 0.266. The van der Waals surface area contributed by atoms with E-state index in [0.29, 0.717) is 25.0 Å². The van der Waals surface area contributed by atoms with E-state index in [1.165, 1.54) is 0 Å². The Kier molecular flexibility index (Phi) is 9.94. The molecule has 1 amide bonds. The molecule has 9 nitrogen and oxygen atoms in total. The van der Waals surface area contributed by atoms with Gasteiger partial charge in [-0.3, -0.25) is 19.7 Å². The number of aromatic nitrogens is 2. The van der Waals surface area contributed by atoms with E-state index in [1.807, 2.05) is 30.5 Å². The zero-order chi connectivity index (χ0) is 27.8. The van der Waals surface area contributed by atoms with Gasteiger partial charge in [0, 0.05) is 56.7 Å². The Balaban J connectivity index is 0.000000286. The van der Waals surface area contributed by atoms with Crippen molar-refractivity contribution in [2.24, 2.45) is 0 Å². The maximum Gasteiger partial charge on any atom is 0.490 e. The van der Waals surface area contributed by atoms with Crippen LogP contribution in [0.2, 0.25) is 0 Å². The minimum Gasteiger partial charge on any atom is -0.475 e. The molecule has 0 spiro atoms. The predicted molar refractivity (Wildman–Crippen MR) is 114 cm³/mol. The summed E-state index contributed by atoms with van der Waals surface area (Å²) in [5.74, 6) is -5.25. The van der Waals surface area contributed by atoms with E-state index in [0.717, 1.165) is 30.8 Å². The first kappa shape index (κ1) is 29.5. The molecule has 0 saturated carbocycles. The standard InChI is InChI=1S/C18H20N4O.2C2HF3O2/c23-18-11-17-16(22(18)12-14-4-8-19-9-5-14)6-10-21(17)13-15-3-1-2-7-20-15;2*3-2(4,5)1(6)7/h1-5,7-9,16-17H,6,10-13H2;2*(H,6,7)/t16-,17+;;/m0../s1. The molecule has 0 radical (unpaired) electrons. The van der Waals surface area contributed by atoms with Gasteiger partial charge in [0.25, 0.3) is 0 Å².